The van der Waals surface area contributed by atoms with Crippen molar-refractivity contribution < 1.29 is 8.42 Å². The van der Waals surface area contributed by atoms with Crippen LogP contribution in [-0.4, -0.2) is 24.9 Å². The Balaban J connectivity index is 1.77. The Kier molecular flexibility index (Phi) is 4.40. The predicted octanol–water partition coefficient (Wildman–Crippen LogP) is 3.22. The fourth-order valence-electron chi connectivity index (χ4n) is 2.13. The Morgan fingerprint density at radius 1 is 1.00 bits per heavy atom. The molecule has 0 aliphatic carbocycles. The van der Waals surface area contributed by atoms with Gasteiger partial charge in [0.15, 0.2) is 9.84 Å². The van der Waals surface area contributed by atoms with Gasteiger partial charge in [0, 0.05) is 11.8 Å². The summed E-state index contributed by atoms with van der Waals surface area (Å²) in [4.78, 5) is 0.285. The van der Waals surface area contributed by atoms with Crippen LogP contribution in [0.1, 0.15) is 5.01 Å². The van der Waals surface area contributed by atoms with Crippen molar-refractivity contribution in [2.24, 2.45) is 0 Å². The van der Waals surface area contributed by atoms with Gasteiger partial charge in [-0.1, -0.05) is 53.8 Å². The summed E-state index contributed by atoms with van der Waals surface area (Å²) in [6.45, 7) is 0.428. The third kappa shape index (κ3) is 3.75. The highest BCUT2D eigenvalue weighted by molar-refractivity contribution is 7.90. The molecule has 0 spiro atoms. The van der Waals surface area contributed by atoms with Crippen LogP contribution in [-0.2, 0) is 16.4 Å². The number of aromatic nitrogens is 2. The van der Waals surface area contributed by atoms with E-state index >= 15 is 0 Å². The maximum Gasteiger partial charge on any atom is 0.177 e. The zero-order valence-electron chi connectivity index (χ0n) is 12.4. The first kappa shape index (κ1) is 15.6. The normalized spacial score (nSPS) is 11.3. The molecule has 0 aliphatic heterocycles. The Labute approximate surface area is 138 Å². The molecule has 5 nitrogen and oxygen atoms in total. The second-order valence-corrected chi connectivity index (χ2v) is 8.04. The van der Waals surface area contributed by atoms with Crippen molar-refractivity contribution in [1.82, 2.24) is 10.2 Å². The third-order valence-electron chi connectivity index (χ3n) is 3.20. The highest BCUT2D eigenvalue weighted by Crippen LogP contribution is 2.25. The van der Waals surface area contributed by atoms with Crippen molar-refractivity contribution in [3.63, 3.8) is 0 Å². The molecular formula is C16H15N3O2S2. The molecule has 118 valence electrons. The fraction of sp³-hybridized carbons (Fsp3) is 0.125. The Morgan fingerprint density at radius 2 is 1.70 bits per heavy atom. The topological polar surface area (TPSA) is 72.0 Å². The number of hydrogen-bond acceptors (Lipinski definition) is 6. The number of nitrogens with one attached hydrogen (secondary N) is 1. The lowest BCUT2D eigenvalue weighted by atomic mass is 10.2. The van der Waals surface area contributed by atoms with E-state index < -0.39 is 9.84 Å². The van der Waals surface area contributed by atoms with Crippen LogP contribution in [0.15, 0.2) is 59.5 Å². The van der Waals surface area contributed by atoms with Crippen LogP contribution in [0.25, 0.3) is 10.6 Å². The monoisotopic (exact) mass is 345 g/mol. The van der Waals surface area contributed by atoms with E-state index in [4.69, 9.17) is 0 Å². The largest absolute Gasteiger partial charge is 0.377 e. The number of nitrogens with zero attached hydrogens (tertiary/aromatic N) is 2. The van der Waals surface area contributed by atoms with Gasteiger partial charge in [-0.2, -0.15) is 0 Å². The molecule has 0 unspecified atom stereocenters. The highest BCUT2D eigenvalue weighted by atomic mass is 32.2. The molecule has 0 radical (unpaired) electrons. The molecule has 0 fully saturated rings. The van der Waals surface area contributed by atoms with Gasteiger partial charge in [-0.3, -0.25) is 0 Å². The standard InChI is InChI=1S/C16H15N3O2S2/c1-23(20,21)14-10-6-5-9-13(14)17-11-15-18-19-16(22-15)12-7-3-2-4-8-12/h2-10,17H,11H2,1H3. The maximum absolute atomic E-state index is 11.8. The molecule has 0 saturated heterocycles. The molecule has 2 aromatic carbocycles. The zero-order valence-corrected chi connectivity index (χ0v) is 14.1. The lowest BCUT2D eigenvalue weighted by molar-refractivity contribution is 0.602. The van der Waals surface area contributed by atoms with E-state index in [0.717, 1.165) is 15.6 Å². The van der Waals surface area contributed by atoms with Crippen molar-refractivity contribution in [2.75, 3.05) is 11.6 Å². The minimum absolute atomic E-state index is 0.285. The smallest absolute Gasteiger partial charge is 0.177 e. The molecule has 0 atom stereocenters. The molecule has 23 heavy (non-hydrogen) atoms. The first-order valence-corrected chi connectivity index (χ1v) is 9.65. The maximum atomic E-state index is 11.8. The fourth-order valence-corrected chi connectivity index (χ4v) is 3.78. The van der Waals surface area contributed by atoms with Crippen LogP contribution in [0.2, 0.25) is 0 Å². The van der Waals surface area contributed by atoms with Crippen molar-refractivity contribution in [2.45, 2.75) is 11.4 Å². The molecule has 0 aliphatic rings. The summed E-state index contributed by atoms with van der Waals surface area (Å²) in [7, 11) is -3.27. The number of sulfone groups is 1. The number of hydrogen-bond donors (Lipinski definition) is 1. The van der Waals surface area contributed by atoms with E-state index in [2.05, 4.69) is 15.5 Å². The summed E-state index contributed by atoms with van der Waals surface area (Å²) < 4.78 is 23.6. The van der Waals surface area contributed by atoms with E-state index in [1.807, 2.05) is 30.3 Å². The zero-order chi connectivity index (χ0) is 16.3. The lowest BCUT2D eigenvalue weighted by Gasteiger charge is -2.08. The molecule has 0 bridgehead atoms. The van der Waals surface area contributed by atoms with E-state index in [1.165, 1.54) is 17.6 Å². The molecule has 0 amide bonds. The van der Waals surface area contributed by atoms with E-state index in [0.29, 0.717) is 12.2 Å². The minimum Gasteiger partial charge on any atom is -0.377 e. The van der Waals surface area contributed by atoms with Crippen molar-refractivity contribution in [1.29, 1.82) is 0 Å². The number of benzene rings is 2. The highest BCUT2D eigenvalue weighted by Gasteiger charge is 2.13. The summed E-state index contributed by atoms with van der Waals surface area (Å²) >= 11 is 1.48. The molecule has 7 heteroatoms. The Morgan fingerprint density at radius 3 is 2.43 bits per heavy atom. The van der Waals surface area contributed by atoms with Gasteiger partial charge < -0.3 is 5.32 Å². The second-order valence-electron chi connectivity index (χ2n) is 4.99. The molecule has 0 saturated carbocycles. The Hall–Kier alpha value is -2.25. The van der Waals surface area contributed by atoms with Crippen LogP contribution in [0.4, 0.5) is 5.69 Å². The first-order valence-electron chi connectivity index (χ1n) is 6.95. The quantitative estimate of drug-likeness (QED) is 0.769. The average Bonchev–Trinajstić information content (AvgIpc) is 3.02. The van der Waals surface area contributed by atoms with Gasteiger partial charge in [-0.05, 0) is 12.1 Å². The van der Waals surface area contributed by atoms with E-state index in [9.17, 15) is 8.42 Å². The van der Waals surface area contributed by atoms with Crippen molar-refractivity contribution in [3.05, 3.63) is 59.6 Å². The molecule has 1 heterocycles. The van der Waals surface area contributed by atoms with Gasteiger partial charge in [0.05, 0.1) is 17.1 Å². The lowest BCUT2D eigenvalue weighted by Crippen LogP contribution is -2.05. The van der Waals surface area contributed by atoms with Crippen LogP contribution in [0, 0.1) is 0 Å². The summed E-state index contributed by atoms with van der Waals surface area (Å²) in [5.74, 6) is 0. The molecule has 3 aromatic rings. The summed E-state index contributed by atoms with van der Waals surface area (Å²) in [5.41, 5.74) is 1.60. The number of anilines is 1. The summed E-state index contributed by atoms with van der Waals surface area (Å²) in [5, 5.41) is 13.1. The van der Waals surface area contributed by atoms with Crippen LogP contribution in [0.5, 0.6) is 0 Å². The summed E-state index contributed by atoms with van der Waals surface area (Å²) in [6, 6.07) is 16.7. The summed E-state index contributed by atoms with van der Waals surface area (Å²) in [6.07, 6.45) is 1.20. The second kappa shape index (κ2) is 6.47. The predicted molar refractivity (Wildman–Crippen MR) is 92.2 cm³/mol. The van der Waals surface area contributed by atoms with Crippen LogP contribution < -0.4 is 5.32 Å². The van der Waals surface area contributed by atoms with Crippen LogP contribution in [0.3, 0.4) is 0 Å². The van der Waals surface area contributed by atoms with Gasteiger partial charge in [-0.25, -0.2) is 8.42 Å². The number of para-hydroxylation sites is 1. The third-order valence-corrected chi connectivity index (χ3v) is 5.33. The first-order chi connectivity index (χ1) is 11.0. The van der Waals surface area contributed by atoms with E-state index in [1.54, 1.807) is 24.3 Å². The molecule has 1 N–H and O–H groups in total. The Bertz CT molecular complexity index is 906. The van der Waals surface area contributed by atoms with Gasteiger partial charge in [0.25, 0.3) is 0 Å². The van der Waals surface area contributed by atoms with Crippen LogP contribution >= 0.6 is 11.3 Å². The van der Waals surface area contributed by atoms with Gasteiger partial charge in [0.2, 0.25) is 0 Å². The average molecular weight is 345 g/mol. The van der Waals surface area contributed by atoms with Crippen molar-refractivity contribution >= 4 is 26.9 Å². The van der Waals surface area contributed by atoms with E-state index in [-0.39, 0.29) is 4.90 Å². The molecule has 1 aromatic heterocycles. The minimum atomic E-state index is -3.27. The number of rotatable bonds is 5. The van der Waals surface area contributed by atoms with Gasteiger partial charge in [-0.15, -0.1) is 10.2 Å². The van der Waals surface area contributed by atoms with Gasteiger partial charge >= 0.3 is 0 Å². The van der Waals surface area contributed by atoms with Gasteiger partial charge in [0.1, 0.15) is 10.0 Å². The van der Waals surface area contributed by atoms with Crippen molar-refractivity contribution in [3.8, 4) is 10.6 Å². The molecular weight excluding hydrogens is 330 g/mol. The molecule has 3 rings (SSSR count). The SMILES string of the molecule is CS(=O)(=O)c1ccccc1NCc1nnc(-c2ccccc2)s1.